The van der Waals surface area contributed by atoms with Crippen molar-refractivity contribution in [1.29, 1.82) is 0 Å². The molecule has 5 nitrogen and oxygen atoms in total. The number of hydrogen-bond acceptors (Lipinski definition) is 5. The van der Waals surface area contributed by atoms with Gasteiger partial charge in [-0.1, -0.05) is 29.8 Å². The summed E-state index contributed by atoms with van der Waals surface area (Å²) in [5.41, 5.74) is 4.82. The summed E-state index contributed by atoms with van der Waals surface area (Å²) in [7, 11) is 5.16. The van der Waals surface area contributed by atoms with Crippen molar-refractivity contribution < 1.29 is 18.7 Å². The minimum absolute atomic E-state index is 0.0651. The zero-order valence-corrected chi connectivity index (χ0v) is 19.8. The zero-order chi connectivity index (χ0) is 23.9. The second-order valence-electron chi connectivity index (χ2n) is 8.66. The molecule has 2 aliphatic rings. The van der Waals surface area contributed by atoms with Crippen molar-refractivity contribution in [3.8, 4) is 0 Å². The van der Waals surface area contributed by atoms with Gasteiger partial charge in [-0.15, -0.1) is 0 Å². The number of Topliss-reactive ketones (excluding diaryl/α,β-unsaturated/α-hetero) is 1. The lowest BCUT2D eigenvalue weighted by Gasteiger charge is -2.37. The molecule has 0 bridgehead atoms. The van der Waals surface area contributed by atoms with Gasteiger partial charge < -0.3 is 15.0 Å². The number of ether oxygens (including phenoxy) is 1. The number of nitrogens with one attached hydrogen (secondary N) is 1. The minimum atomic E-state index is -0.626. The average Bonchev–Trinajstić information content (AvgIpc) is 2.78. The molecule has 0 amide bonds. The number of allylic oxidation sites excluding steroid dienone is 3. The fourth-order valence-electron chi connectivity index (χ4n) is 4.73. The van der Waals surface area contributed by atoms with Gasteiger partial charge >= 0.3 is 5.97 Å². The topological polar surface area (TPSA) is 58.6 Å². The number of benzene rings is 2. The molecule has 1 heterocycles. The fraction of sp³-hybridized carbons (Fsp3) is 0.308. The van der Waals surface area contributed by atoms with E-state index in [1.807, 2.05) is 37.2 Å². The SMILES string of the molecule is COC(=O)C1=C(C)NC2=C(C(=O)C[C@H](c3ccc(F)cc3)C2)[C@@H]1c1ccc(N(C)C)cc1Cl. The summed E-state index contributed by atoms with van der Waals surface area (Å²) in [5, 5.41) is 3.76. The Labute approximate surface area is 197 Å². The smallest absolute Gasteiger partial charge is 0.336 e. The van der Waals surface area contributed by atoms with Gasteiger partial charge in [-0.25, -0.2) is 9.18 Å². The Hall–Kier alpha value is -3.12. The highest BCUT2D eigenvalue weighted by Gasteiger charge is 2.42. The second-order valence-corrected chi connectivity index (χ2v) is 9.07. The first-order valence-corrected chi connectivity index (χ1v) is 11.1. The molecule has 1 aliphatic heterocycles. The Morgan fingerprint density at radius 1 is 1.15 bits per heavy atom. The lowest BCUT2D eigenvalue weighted by Crippen LogP contribution is -2.36. The first kappa shape index (κ1) is 23.1. The molecule has 1 aliphatic carbocycles. The van der Waals surface area contributed by atoms with Crippen LogP contribution >= 0.6 is 11.6 Å². The first-order valence-electron chi connectivity index (χ1n) is 10.8. The van der Waals surface area contributed by atoms with Gasteiger partial charge in [-0.05, 0) is 54.7 Å². The summed E-state index contributed by atoms with van der Waals surface area (Å²) in [6.07, 6.45) is 0.839. The van der Waals surface area contributed by atoms with Crippen LogP contribution in [0.4, 0.5) is 10.1 Å². The van der Waals surface area contributed by atoms with Gasteiger partial charge in [0.05, 0.1) is 12.7 Å². The molecule has 0 unspecified atom stereocenters. The molecular formula is C26H26ClFN2O3. The number of dihydropyridines is 1. The quantitative estimate of drug-likeness (QED) is 0.634. The van der Waals surface area contributed by atoms with Crippen LogP contribution in [-0.4, -0.2) is 33.0 Å². The molecular weight excluding hydrogens is 443 g/mol. The summed E-state index contributed by atoms with van der Waals surface area (Å²) in [5.74, 6) is -1.58. The van der Waals surface area contributed by atoms with Gasteiger partial charge in [-0.2, -0.15) is 0 Å². The third-order valence-corrected chi connectivity index (χ3v) is 6.71. The average molecular weight is 469 g/mol. The maximum absolute atomic E-state index is 13.5. The lowest BCUT2D eigenvalue weighted by molar-refractivity contribution is -0.136. The third-order valence-electron chi connectivity index (χ3n) is 6.39. The summed E-state index contributed by atoms with van der Waals surface area (Å²) >= 11 is 6.69. The third kappa shape index (κ3) is 4.27. The number of anilines is 1. The van der Waals surface area contributed by atoms with E-state index in [9.17, 15) is 14.0 Å². The Balaban J connectivity index is 1.82. The summed E-state index contributed by atoms with van der Waals surface area (Å²) < 4.78 is 18.5. The molecule has 0 radical (unpaired) electrons. The van der Waals surface area contributed by atoms with Gasteiger partial charge in [0.1, 0.15) is 5.82 Å². The molecule has 7 heteroatoms. The van der Waals surface area contributed by atoms with Crippen LogP contribution in [0.1, 0.15) is 42.7 Å². The summed E-state index contributed by atoms with van der Waals surface area (Å²) in [6, 6.07) is 11.9. The number of nitrogens with zero attached hydrogens (tertiary/aromatic N) is 1. The molecule has 1 N–H and O–H groups in total. The van der Waals surface area contributed by atoms with Crippen LogP contribution in [0.2, 0.25) is 5.02 Å². The molecule has 4 rings (SSSR count). The van der Waals surface area contributed by atoms with Crippen molar-refractivity contribution in [3.05, 3.63) is 87.0 Å². The van der Waals surface area contributed by atoms with Gasteiger partial charge in [-0.3, -0.25) is 4.79 Å². The normalized spacial score (nSPS) is 20.4. The highest BCUT2D eigenvalue weighted by Crippen LogP contribution is 2.47. The monoisotopic (exact) mass is 468 g/mol. The van der Waals surface area contributed by atoms with Crippen molar-refractivity contribution >= 4 is 29.0 Å². The van der Waals surface area contributed by atoms with Crippen LogP contribution < -0.4 is 10.2 Å². The number of halogens is 2. The molecule has 0 saturated heterocycles. The molecule has 2 atom stereocenters. The number of carbonyl (C=O) groups excluding carboxylic acids is 2. The van der Waals surface area contributed by atoms with E-state index in [1.165, 1.54) is 19.2 Å². The predicted molar refractivity (Wildman–Crippen MR) is 127 cm³/mol. The predicted octanol–water partition coefficient (Wildman–Crippen LogP) is 5.08. The molecule has 0 aromatic heterocycles. The Morgan fingerprint density at radius 3 is 2.45 bits per heavy atom. The Morgan fingerprint density at radius 2 is 1.85 bits per heavy atom. The van der Waals surface area contributed by atoms with Crippen LogP contribution in [-0.2, 0) is 14.3 Å². The summed E-state index contributed by atoms with van der Waals surface area (Å²) in [4.78, 5) is 28.3. The molecule has 0 saturated carbocycles. The standard InChI is InChI=1S/C26H26ClFN2O3/c1-14-23(26(32)33-4)24(19-10-9-18(30(2)3)13-20(19)27)25-21(29-14)11-16(12-22(25)31)15-5-7-17(28)8-6-15/h5-10,13,16,24,29H,11-12H2,1-4H3/t16-,24-/m1/s1. The maximum Gasteiger partial charge on any atom is 0.336 e. The van der Waals surface area contributed by atoms with Crippen LogP contribution in [0, 0.1) is 5.82 Å². The van der Waals surface area contributed by atoms with Crippen LogP contribution in [0.15, 0.2) is 65.0 Å². The number of esters is 1. The van der Waals surface area contributed by atoms with Gasteiger partial charge in [0.15, 0.2) is 5.78 Å². The number of methoxy groups -OCH3 is 1. The maximum atomic E-state index is 13.5. The Bertz CT molecular complexity index is 1180. The largest absolute Gasteiger partial charge is 0.466 e. The molecule has 0 fully saturated rings. The lowest BCUT2D eigenvalue weighted by atomic mass is 9.71. The van der Waals surface area contributed by atoms with Crippen molar-refractivity contribution in [2.24, 2.45) is 0 Å². The van der Waals surface area contributed by atoms with Gasteiger partial charge in [0.2, 0.25) is 0 Å². The van der Waals surface area contributed by atoms with E-state index in [-0.39, 0.29) is 23.9 Å². The van der Waals surface area contributed by atoms with Gasteiger partial charge in [0.25, 0.3) is 0 Å². The van der Waals surface area contributed by atoms with Crippen molar-refractivity contribution in [2.45, 2.75) is 31.6 Å². The highest BCUT2D eigenvalue weighted by molar-refractivity contribution is 6.32. The minimum Gasteiger partial charge on any atom is -0.466 e. The van der Waals surface area contributed by atoms with Gasteiger partial charge in [0, 0.05) is 54.1 Å². The molecule has 33 heavy (non-hydrogen) atoms. The van der Waals surface area contributed by atoms with Crippen molar-refractivity contribution in [1.82, 2.24) is 5.32 Å². The number of rotatable bonds is 4. The number of ketones is 1. The first-order chi connectivity index (χ1) is 15.7. The van der Waals surface area contributed by atoms with Crippen LogP contribution in [0.5, 0.6) is 0 Å². The van der Waals surface area contributed by atoms with Crippen LogP contribution in [0.3, 0.4) is 0 Å². The van der Waals surface area contributed by atoms with E-state index >= 15 is 0 Å². The second kappa shape index (κ2) is 9.02. The van der Waals surface area contributed by atoms with E-state index < -0.39 is 11.9 Å². The fourth-order valence-corrected chi connectivity index (χ4v) is 5.01. The molecule has 2 aromatic rings. The molecule has 172 valence electrons. The van der Waals surface area contributed by atoms with E-state index in [1.54, 1.807) is 19.1 Å². The number of hydrogen-bond donors (Lipinski definition) is 1. The van der Waals surface area contributed by atoms with E-state index in [0.717, 1.165) is 16.9 Å². The molecule has 2 aromatic carbocycles. The number of carbonyl (C=O) groups is 2. The zero-order valence-electron chi connectivity index (χ0n) is 19.0. The van der Waals surface area contributed by atoms with Crippen LogP contribution in [0.25, 0.3) is 0 Å². The van der Waals surface area contributed by atoms with E-state index in [4.69, 9.17) is 16.3 Å². The van der Waals surface area contributed by atoms with Crippen molar-refractivity contribution in [3.63, 3.8) is 0 Å². The van der Waals surface area contributed by atoms with Crippen molar-refractivity contribution in [2.75, 3.05) is 26.1 Å². The molecule has 0 spiro atoms. The van der Waals surface area contributed by atoms with E-state index in [0.29, 0.717) is 33.9 Å². The summed E-state index contributed by atoms with van der Waals surface area (Å²) in [6.45, 7) is 1.80. The van der Waals surface area contributed by atoms with E-state index in [2.05, 4.69) is 5.32 Å². The Kier molecular flexibility index (Phi) is 6.30. The highest BCUT2D eigenvalue weighted by atomic mass is 35.5.